The van der Waals surface area contributed by atoms with Gasteiger partial charge in [0.15, 0.2) is 29.5 Å². The first-order chi connectivity index (χ1) is 13.0. The van der Waals surface area contributed by atoms with Gasteiger partial charge in [0, 0.05) is 12.5 Å². The molecule has 1 aromatic heterocycles. The summed E-state index contributed by atoms with van der Waals surface area (Å²) in [6, 6.07) is 9.21. The molecule has 3 heterocycles. The Morgan fingerprint density at radius 1 is 1.15 bits per heavy atom. The lowest BCUT2D eigenvalue weighted by atomic mass is 9.93. The van der Waals surface area contributed by atoms with Crippen LogP contribution in [-0.2, 0) is 24.2 Å². The zero-order chi connectivity index (χ0) is 18.7. The molecule has 3 aromatic rings. The average molecular weight is 364 g/mol. The third-order valence-electron chi connectivity index (χ3n) is 5.28. The molecule has 0 radical (unpaired) electrons. The third-order valence-corrected chi connectivity index (χ3v) is 5.28. The van der Waals surface area contributed by atoms with Gasteiger partial charge in [-0.1, -0.05) is 0 Å². The van der Waals surface area contributed by atoms with Gasteiger partial charge >= 0.3 is 0 Å². The molecule has 0 bridgehead atoms. The fraction of sp³-hybridized carbons (Fsp3) is 0.238. The van der Waals surface area contributed by atoms with Gasteiger partial charge in [-0.15, -0.1) is 0 Å². The number of aromatic nitrogens is 1. The topological polar surface area (TPSA) is 79.9 Å². The Bertz CT molecular complexity index is 1140. The van der Waals surface area contributed by atoms with E-state index >= 15 is 0 Å². The van der Waals surface area contributed by atoms with Crippen LogP contribution >= 0.6 is 0 Å². The van der Waals surface area contributed by atoms with Gasteiger partial charge in [-0.3, -0.25) is 4.79 Å². The molecule has 2 aliphatic rings. The number of nitrogens with zero attached hydrogens (tertiary/aromatic N) is 1. The molecule has 0 spiro atoms. The Morgan fingerprint density at radius 3 is 2.70 bits per heavy atom. The zero-order valence-electron chi connectivity index (χ0n) is 14.8. The summed E-state index contributed by atoms with van der Waals surface area (Å²) >= 11 is 0. The number of ether oxygens (including phenoxy) is 2. The monoisotopic (exact) mass is 364 g/mol. The first-order valence-electron chi connectivity index (χ1n) is 8.85. The van der Waals surface area contributed by atoms with E-state index in [1.54, 1.807) is 6.07 Å². The van der Waals surface area contributed by atoms with E-state index in [1.165, 1.54) is 13.0 Å². The zero-order valence-corrected chi connectivity index (χ0v) is 14.8. The molecule has 2 aromatic carbocycles. The van der Waals surface area contributed by atoms with E-state index in [0.717, 1.165) is 34.4 Å². The Morgan fingerprint density at radius 2 is 1.93 bits per heavy atom. The molecule has 6 heteroatoms. The number of ketones is 1. The van der Waals surface area contributed by atoms with Gasteiger partial charge in [0.1, 0.15) is 5.78 Å². The molecule has 0 saturated carbocycles. The largest absolute Gasteiger partial charge is 0.504 e. The maximum atomic E-state index is 11.9. The molecule has 0 saturated heterocycles. The number of benzene rings is 2. The summed E-state index contributed by atoms with van der Waals surface area (Å²) in [5, 5.41) is 21.7. The standard InChI is InChI=1S/C21H17NO5/c1-11(23)6-16-20-13(2-3-17(24)21(20)25)7-15-14-9-19-18(26-10-27-19)8-12(14)4-5-22(15)16/h2-3,7-9,24H,4-6,10H2,1H3/p+1. The van der Waals surface area contributed by atoms with Gasteiger partial charge in [0.25, 0.3) is 0 Å². The molecule has 0 amide bonds. The lowest BCUT2D eigenvalue weighted by Gasteiger charge is -2.19. The lowest BCUT2D eigenvalue weighted by molar-refractivity contribution is -0.692. The molecule has 2 N–H and O–H groups in total. The van der Waals surface area contributed by atoms with Crippen molar-refractivity contribution in [1.29, 1.82) is 0 Å². The van der Waals surface area contributed by atoms with Crippen LogP contribution < -0.4 is 14.0 Å². The Kier molecular flexibility index (Phi) is 3.31. The summed E-state index contributed by atoms with van der Waals surface area (Å²) in [4.78, 5) is 11.9. The van der Waals surface area contributed by atoms with E-state index in [4.69, 9.17) is 9.47 Å². The molecule has 136 valence electrons. The Hall–Kier alpha value is -3.28. The highest BCUT2D eigenvalue weighted by atomic mass is 16.7. The number of aryl methyl sites for hydroxylation is 1. The number of hydrogen-bond acceptors (Lipinski definition) is 5. The normalized spacial score (nSPS) is 14.1. The number of phenolic OH excluding ortho intramolecular Hbond substituents is 2. The molecule has 0 aliphatic carbocycles. The minimum atomic E-state index is -0.188. The summed E-state index contributed by atoms with van der Waals surface area (Å²) in [6.45, 7) is 2.43. The second-order valence-electron chi connectivity index (χ2n) is 7.02. The van der Waals surface area contributed by atoms with Crippen molar-refractivity contribution < 1.29 is 29.0 Å². The highest BCUT2D eigenvalue weighted by Crippen LogP contribution is 2.42. The van der Waals surface area contributed by atoms with Crippen molar-refractivity contribution in [3.8, 4) is 34.3 Å². The fourth-order valence-corrected chi connectivity index (χ4v) is 4.08. The Labute approximate surface area is 155 Å². The number of aromatic hydroxyl groups is 2. The summed E-state index contributed by atoms with van der Waals surface area (Å²) in [7, 11) is 0. The molecule has 2 aliphatic heterocycles. The van der Waals surface area contributed by atoms with E-state index < -0.39 is 0 Å². The smallest absolute Gasteiger partial charge is 0.231 e. The van der Waals surface area contributed by atoms with Crippen LogP contribution in [0.1, 0.15) is 18.2 Å². The number of Topliss-reactive ketones (excluding diaryl/α,β-unsaturated/α-hetero) is 1. The highest BCUT2D eigenvalue weighted by Gasteiger charge is 2.32. The molecule has 5 rings (SSSR count). The van der Waals surface area contributed by atoms with Crippen molar-refractivity contribution in [2.45, 2.75) is 26.3 Å². The van der Waals surface area contributed by atoms with Crippen molar-refractivity contribution in [3.05, 3.63) is 41.6 Å². The van der Waals surface area contributed by atoms with Crippen LogP contribution in [-0.4, -0.2) is 22.8 Å². The number of rotatable bonds is 2. The second kappa shape index (κ2) is 5.61. The van der Waals surface area contributed by atoms with Crippen molar-refractivity contribution in [1.82, 2.24) is 0 Å². The first kappa shape index (κ1) is 15.9. The number of fused-ring (bicyclic) bond motifs is 5. The first-order valence-corrected chi connectivity index (χ1v) is 8.85. The highest BCUT2D eigenvalue weighted by molar-refractivity contribution is 5.95. The molecular formula is C21H18NO5+. The van der Waals surface area contributed by atoms with Gasteiger partial charge in [-0.05, 0) is 42.1 Å². The van der Waals surface area contributed by atoms with E-state index in [9.17, 15) is 15.0 Å². The summed E-state index contributed by atoms with van der Waals surface area (Å²) in [5.41, 5.74) is 3.87. The average Bonchev–Trinajstić information content (AvgIpc) is 3.09. The van der Waals surface area contributed by atoms with Gasteiger partial charge in [0.2, 0.25) is 18.2 Å². The van der Waals surface area contributed by atoms with Crippen LogP contribution in [0.4, 0.5) is 0 Å². The minimum Gasteiger partial charge on any atom is -0.504 e. The maximum Gasteiger partial charge on any atom is 0.231 e. The van der Waals surface area contributed by atoms with Gasteiger partial charge in [0.05, 0.1) is 17.4 Å². The van der Waals surface area contributed by atoms with Gasteiger partial charge in [-0.2, -0.15) is 4.57 Å². The molecule has 6 nitrogen and oxygen atoms in total. The summed E-state index contributed by atoms with van der Waals surface area (Å²) in [5.74, 6) is 1.10. The summed E-state index contributed by atoms with van der Waals surface area (Å²) < 4.78 is 13.1. The minimum absolute atomic E-state index is 0.00331. The van der Waals surface area contributed by atoms with Crippen LogP contribution in [0, 0.1) is 0 Å². The van der Waals surface area contributed by atoms with Gasteiger partial charge in [-0.25, -0.2) is 0 Å². The van der Waals surface area contributed by atoms with Crippen molar-refractivity contribution in [3.63, 3.8) is 0 Å². The van der Waals surface area contributed by atoms with Crippen LogP contribution in [0.5, 0.6) is 23.0 Å². The Balaban J connectivity index is 1.84. The van der Waals surface area contributed by atoms with Crippen molar-refractivity contribution in [2.24, 2.45) is 0 Å². The van der Waals surface area contributed by atoms with Crippen LogP contribution in [0.15, 0.2) is 30.3 Å². The van der Waals surface area contributed by atoms with E-state index in [-0.39, 0.29) is 30.5 Å². The quantitative estimate of drug-likeness (QED) is 0.540. The van der Waals surface area contributed by atoms with Crippen LogP contribution in [0.3, 0.4) is 0 Å². The van der Waals surface area contributed by atoms with E-state index in [2.05, 4.69) is 4.57 Å². The van der Waals surface area contributed by atoms with Crippen LogP contribution in [0.25, 0.3) is 22.0 Å². The van der Waals surface area contributed by atoms with E-state index in [1.807, 2.05) is 18.2 Å². The number of phenols is 2. The number of carbonyl (C=O) groups is 1. The molecule has 27 heavy (non-hydrogen) atoms. The molecule has 0 atom stereocenters. The number of carbonyl (C=O) groups excluding carboxylic acids is 1. The molecular weight excluding hydrogens is 346 g/mol. The van der Waals surface area contributed by atoms with Crippen molar-refractivity contribution in [2.75, 3.05) is 6.79 Å². The maximum absolute atomic E-state index is 11.9. The predicted molar refractivity (Wildman–Crippen MR) is 97.1 cm³/mol. The summed E-state index contributed by atoms with van der Waals surface area (Å²) in [6.07, 6.45) is 0.959. The lowest BCUT2D eigenvalue weighted by Crippen LogP contribution is -2.45. The predicted octanol–water partition coefficient (Wildman–Crippen LogP) is 2.62. The SMILES string of the molecule is CC(=O)Cc1c2c(O)c(O)ccc2cc2[n+]1CCc1cc3c(cc1-2)OCO3. The van der Waals surface area contributed by atoms with Crippen molar-refractivity contribution >= 4 is 16.6 Å². The number of hydrogen-bond donors (Lipinski definition) is 2. The van der Waals surface area contributed by atoms with Crippen LogP contribution in [0.2, 0.25) is 0 Å². The second-order valence-corrected chi connectivity index (χ2v) is 7.02. The number of pyridine rings is 1. The third kappa shape index (κ3) is 2.33. The molecule has 0 fully saturated rings. The van der Waals surface area contributed by atoms with E-state index in [0.29, 0.717) is 23.4 Å². The van der Waals surface area contributed by atoms with Gasteiger partial charge < -0.3 is 19.7 Å². The fourth-order valence-electron chi connectivity index (χ4n) is 4.08. The molecule has 0 unspecified atom stereocenters.